The van der Waals surface area contributed by atoms with Crippen molar-refractivity contribution in [2.75, 3.05) is 0 Å². The first kappa shape index (κ1) is 7.10. The first-order valence-corrected chi connectivity index (χ1v) is 3.03. The van der Waals surface area contributed by atoms with E-state index in [0.717, 1.165) is 0 Å². The Hall–Kier alpha value is -1.01. The van der Waals surface area contributed by atoms with Gasteiger partial charge in [0.15, 0.2) is 4.77 Å². The van der Waals surface area contributed by atoms with Gasteiger partial charge in [-0.25, -0.2) is 0 Å². The van der Waals surface area contributed by atoms with Crippen molar-refractivity contribution in [3.63, 3.8) is 0 Å². The summed E-state index contributed by atoms with van der Waals surface area (Å²) in [7, 11) is 0. The first-order chi connectivity index (χ1) is 4.74. The summed E-state index contributed by atoms with van der Waals surface area (Å²) in [6, 6.07) is 0. The van der Waals surface area contributed by atoms with Gasteiger partial charge in [-0.05, 0) is 12.2 Å². The van der Waals surface area contributed by atoms with Crippen LogP contribution in [0.4, 0.5) is 0 Å². The minimum Gasteiger partial charge on any atom is -0.325 e. The third-order valence-corrected chi connectivity index (χ3v) is 1.17. The van der Waals surface area contributed by atoms with E-state index in [2.05, 4.69) is 27.4 Å². The standard InChI is InChI=1S/C4H6N4OS/c5-1-2-3(9)6-4(10)8-7-2/h1,5H2,(H2,6,8,9,10). The fraction of sp³-hybridized carbons (Fsp3) is 0.250. The van der Waals surface area contributed by atoms with Crippen LogP contribution in [0.5, 0.6) is 0 Å². The van der Waals surface area contributed by atoms with Crippen molar-refractivity contribution in [1.82, 2.24) is 15.2 Å². The molecule has 54 valence electrons. The number of aromatic nitrogens is 3. The molecule has 0 aliphatic heterocycles. The number of nitrogens with two attached hydrogens (primary N) is 1. The minimum absolute atomic E-state index is 0.113. The van der Waals surface area contributed by atoms with Gasteiger partial charge in [0.25, 0.3) is 5.56 Å². The van der Waals surface area contributed by atoms with Crippen LogP contribution in [0.25, 0.3) is 0 Å². The zero-order valence-electron chi connectivity index (χ0n) is 5.05. The highest BCUT2D eigenvalue weighted by Crippen LogP contribution is 1.75. The molecule has 10 heavy (non-hydrogen) atoms. The van der Waals surface area contributed by atoms with Crippen molar-refractivity contribution in [3.8, 4) is 0 Å². The van der Waals surface area contributed by atoms with E-state index in [9.17, 15) is 4.79 Å². The van der Waals surface area contributed by atoms with E-state index in [1.807, 2.05) is 0 Å². The summed E-state index contributed by atoms with van der Waals surface area (Å²) >= 11 is 4.59. The van der Waals surface area contributed by atoms with Gasteiger partial charge < -0.3 is 5.73 Å². The van der Waals surface area contributed by atoms with Gasteiger partial charge in [0.05, 0.1) is 0 Å². The highest BCUT2D eigenvalue weighted by molar-refractivity contribution is 7.71. The Morgan fingerprint density at radius 1 is 1.70 bits per heavy atom. The predicted molar refractivity (Wildman–Crippen MR) is 37.9 cm³/mol. The monoisotopic (exact) mass is 158 g/mol. The minimum atomic E-state index is -0.328. The quantitative estimate of drug-likeness (QED) is 0.471. The van der Waals surface area contributed by atoms with Gasteiger partial charge in [-0.3, -0.25) is 14.9 Å². The molecule has 0 amide bonds. The van der Waals surface area contributed by atoms with Crippen molar-refractivity contribution in [2.45, 2.75) is 6.54 Å². The molecule has 0 saturated carbocycles. The Balaban J connectivity index is 3.34. The van der Waals surface area contributed by atoms with Crippen LogP contribution < -0.4 is 11.3 Å². The van der Waals surface area contributed by atoms with Gasteiger partial charge >= 0.3 is 0 Å². The van der Waals surface area contributed by atoms with Gasteiger partial charge in [0, 0.05) is 6.54 Å². The first-order valence-electron chi connectivity index (χ1n) is 2.62. The van der Waals surface area contributed by atoms with E-state index in [-0.39, 0.29) is 22.6 Å². The zero-order valence-corrected chi connectivity index (χ0v) is 5.86. The molecule has 0 bridgehead atoms. The summed E-state index contributed by atoms with van der Waals surface area (Å²) in [6.07, 6.45) is 0. The SMILES string of the molecule is NCc1n[nH]c(=S)[nH]c1=O. The van der Waals surface area contributed by atoms with Crippen molar-refractivity contribution in [1.29, 1.82) is 0 Å². The molecule has 0 fully saturated rings. The van der Waals surface area contributed by atoms with Crippen LogP contribution in [-0.4, -0.2) is 15.2 Å². The van der Waals surface area contributed by atoms with E-state index in [1.165, 1.54) is 0 Å². The average molecular weight is 158 g/mol. The molecule has 1 rings (SSSR count). The maximum absolute atomic E-state index is 10.8. The molecule has 1 aromatic rings. The lowest BCUT2D eigenvalue weighted by Crippen LogP contribution is -2.19. The highest BCUT2D eigenvalue weighted by Gasteiger charge is 1.95. The number of nitrogens with one attached hydrogen (secondary N) is 2. The third kappa shape index (κ3) is 1.28. The van der Waals surface area contributed by atoms with Crippen molar-refractivity contribution in [3.05, 3.63) is 20.8 Å². The number of hydrogen-bond donors (Lipinski definition) is 3. The van der Waals surface area contributed by atoms with Crippen LogP contribution in [0.15, 0.2) is 4.79 Å². The Bertz CT molecular complexity index is 327. The molecule has 4 N–H and O–H groups in total. The third-order valence-electron chi connectivity index (χ3n) is 0.975. The molecule has 0 aliphatic carbocycles. The van der Waals surface area contributed by atoms with Crippen molar-refractivity contribution >= 4 is 12.2 Å². The Kier molecular flexibility index (Phi) is 1.93. The maximum Gasteiger partial charge on any atom is 0.274 e. The predicted octanol–water partition coefficient (Wildman–Crippen LogP) is -0.714. The summed E-state index contributed by atoms with van der Waals surface area (Å²) in [4.78, 5) is 13.1. The molecular weight excluding hydrogens is 152 g/mol. The fourth-order valence-electron chi connectivity index (χ4n) is 0.511. The molecule has 0 atom stereocenters. The highest BCUT2D eigenvalue weighted by atomic mass is 32.1. The van der Waals surface area contributed by atoms with E-state index >= 15 is 0 Å². The van der Waals surface area contributed by atoms with Crippen LogP contribution in [0.1, 0.15) is 5.69 Å². The second kappa shape index (κ2) is 2.72. The largest absolute Gasteiger partial charge is 0.325 e. The van der Waals surface area contributed by atoms with Crippen LogP contribution in [0, 0.1) is 4.77 Å². The van der Waals surface area contributed by atoms with Gasteiger partial charge in [0.1, 0.15) is 5.69 Å². The lowest BCUT2D eigenvalue weighted by Gasteiger charge is -1.90. The molecule has 5 nitrogen and oxygen atoms in total. The summed E-state index contributed by atoms with van der Waals surface area (Å²) in [5.41, 5.74) is 5.09. The molecule has 1 heterocycles. The van der Waals surface area contributed by atoms with Crippen molar-refractivity contribution < 1.29 is 0 Å². The summed E-state index contributed by atoms with van der Waals surface area (Å²) in [6.45, 7) is 0.113. The Morgan fingerprint density at radius 3 is 2.90 bits per heavy atom. The summed E-state index contributed by atoms with van der Waals surface area (Å²) in [5, 5.41) is 6.02. The Labute approximate surface area is 61.3 Å². The van der Waals surface area contributed by atoms with Gasteiger partial charge in [-0.2, -0.15) is 5.10 Å². The molecular formula is C4H6N4OS. The summed E-state index contributed by atoms with van der Waals surface area (Å²) < 4.78 is 0.210. The van der Waals surface area contributed by atoms with Crippen LogP contribution in [-0.2, 0) is 6.54 Å². The van der Waals surface area contributed by atoms with E-state index < -0.39 is 0 Å². The van der Waals surface area contributed by atoms with E-state index in [1.54, 1.807) is 0 Å². The second-order valence-corrected chi connectivity index (χ2v) is 2.07. The Morgan fingerprint density at radius 2 is 2.40 bits per heavy atom. The summed E-state index contributed by atoms with van der Waals surface area (Å²) in [5.74, 6) is 0. The van der Waals surface area contributed by atoms with Gasteiger partial charge in [0.2, 0.25) is 0 Å². The maximum atomic E-state index is 10.8. The number of nitrogens with zero attached hydrogens (tertiary/aromatic N) is 1. The molecule has 0 spiro atoms. The van der Waals surface area contributed by atoms with Crippen LogP contribution >= 0.6 is 12.2 Å². The van der Waals surface area contributed by atoms with Gasteiger partial charge in [-0.15, -0.1) is 0 Å². The number of hydrogen-bond acceptors (Lipinski definition) is 4. The lowest BCUT2D eigenvalue weighted by molar-refractivity contribution is 0.826. The molecule has 0 saturated heterocycles. The molecule has 1 aromatic heterocycles. The van der Waals surface area contributed by atoms with Crippen molar-refractivity contribution in [2.24, 2.45) is 5.73 Å². The van der Waals surface area contributed by atoms with Crippen LogP contribution in [0.3, 0.4) is 0 Å². The van der Waals surface area contributed by atoms with Gasteiger partial charge in [-0.1, -0.05) is 0 Å². The topological polar surface area (TPSA) is 87.6 Å². The molecule has 0 aliphatic rings. The number of aromatic amines is 2. The van der Waals surface area contributed by atoms with E-state index in [4.69, 9.17) is 5.73 Å². The zero-order chi connectivity index (χ0) is 7.56. The average Bonchev–Trinajstić information content (AvgIpc) is 1.88. The van der Waals surface area contributed by atoms with E-state index in [0.29, 0.717) is 0 Å². The molecule has 0 aromatic carbocycles. The molecule has 0 radical (unpaired) electrons. The van der Waals surface area contributed by atoms with Crippen LogP contribution in [0.2, 0.25) is 0 Å². The molecule has 6 heteroatoms. The molecule has 0 unspecified atom stereocenters. The smallest absolute Gasteiger partial charge is 0.274 e. The lowest BCUT2D eigenvalue weighted by atomic mass is 10.5. The fourth-order valence-corrected chi connectivity index (χ4v) is 0.649. The normalized spacial score (nSPS) is 9.70. The number of H-pyrrole nitrogens is 2. The number of rotatable bonds is 1. The second-order valence-electron chi connectivity index (χ2n) is 1.66.